The molecule has 0 fully saturated rings. The van der Waals surface area contributed by atoms with Gasteiger partial charge in [-0.05, 0) is 41.1 Å². The van der Waals surface area contributed by atoms with E-state index in [1.807, 2.05) is 6.92 Å². The summed E-state index contributed by atoms with van der Waals surface area (Å²) < 4.78 is 13.2. The predicted octanol–water partition coefficient (Wildman–Crippen LogP) is 2.87. The van der Waals surface area contributed by atoms with Crippen molar-refractivity contribution in [2.45, 2.75) is 6.92 Å². The number of hydrogen-bond acceptors (Lipinski definition) is 2. The Bertz CT molecular complexity index is 568. The molecule has 17 heavy (non-hydrogen) atoms. The van der Waals surface area contributed by atoms with Gasteiger partial charge >= 0.3 is 0 Å². The standard InChI is InChI=1S/C11H9BrFN3O/c1-6-4-10(16-15-6)14-11(17)7-2-3-9(13)8(12)5-7/h2-5H,1H3,(H2,14,15,16,17). The maximum absolute atomic E-state index is 13.0. The molecule has 1 aromatic carbocycles. The van der Waals surface area contributed by atoms with Crippen LogP contribution in [0.2, 0.25) is 0 Å². The van der Waals surface area contributed by atoms with Crippen molar-refractivity contribution in [1.82, 2.24) is 10.2 Å². The zero-order valence-corrected chi connectivity index (χ0v) is 10.5. The lowest BCUT2D eigenvalue weighted by molar-refractivity contribution is 0.102. The van der Waals surface area contributed by atoms with Gasteiger partial charge < -0.3 is 5.32 Å². The summed E-state index contributed by atoms with van der Waals surface area (Å²) in [5.41, 5.74) is 1.21. The molecule has 0 spiro atoms. The van der Waals surface area contributed by atoms with E-state index in [1.54, 1.807) is 6.07 Å². The van der Waals surface area contributed by atoms with Crippen molar-refractivity contribution in [3.63, 3.8) is 0 Å². The molecule has 2 rings (SSSR count). The summed E-state index contributed by atoms with van der Waals surface area (Å²) in [5, 5.41) is 9.19. The normalized spacial score (nSPS) is 10.3. The second-order valence-corrected chi connectivity index (χ2v) is 4.37. The molecule has 0 unspecified atom stereocenters. The van der Waals surface area contributed by atoms with E-state index in [-0.39, 0.29) is 10.4 Å². The van der Waals surface area contributed by atoms with Crippen LogP contribution >= 0.6 is 15.9 Å². The van der Waals surface area contributed by atoms with E-state index in [1.165, 1.54) is 18.2 Å². The van der Waals surface area contributed by atoms with Gasteiger partial charge in [0.15, 0.2) is 5.82 Å². The van der Waals surface area contributed by atoms with Gasteiger partial charge in [-0.3, -0.25) is 9.89 Å². The van der Waals surface area contributed by atoms with Crippen molar-refractivity contribution >= 4 is 27.7 Å². The Kier molecular flexibility index (Phi) is 3.23. The number of aryl methyl sites for hydroxylation is 1. The SMILES string of the molecule is Cc1cc(NC(=O)c2ccc(F)c(Br)c2)n[nH]1. The highest BCUT2D eigenvalue weighted by molar-refractivity contribution is 9.10. The van der Waals surface area contributed by atoms with E-state index in [0.29, 0.717) is 11.4 Å². The fourth-order valence-electron chi connectivity index (χ4n) is 1.31. The van der Waals surface area contributed by atoms with Crippen LogP contribution in [0.4, 0.5) is 10.2 Å². The van der Waals surface area contributed by atoms with Crippen LogP contribution in [-0.2, 0) is 0 Å². The maximum Gasteiger partial charge on any atom is 0.256 e. The number of benzene rings is 1. The molecule has 88 valence electrons. The van der Waals surface area contributed by atoms with Crippen LogP contribution in [0.15, 0.2) is 28.7 Å². The molecular formula is C11H9BrFN3O. The summed E-state index contributed by atoms with van der Waals surface area (Å²) >= 11 is 3.03. The average Bonchev–Trinajstić information content (AvgIpc) is 2.68. The van der Waals surface area contributed by atoms with Crippen molar-refractivity contribution < 1.29 is 9.18 Å². The van der Waals surface area contributed by atoms with Gasteiger partial charge in [-0.2, -0.15) is 5.10 Å². The summed E-state index contributed by atoms with van der Waals surface area (Å²) in [7, 11) is 0. The van der Waals surface area contributed by atoms with Crippen LogP contribution in [-0.4, -0.2) is 16.1 Å². The van der Waals surface area contributed by atoms with Gasteiger partial charge in [0.25, 0.3) is 5.91 Å². The smallest absolute Gasteiger partial charge is 0.256 e. The molecule has 0 aliphatic rings. The first-order chi connectivity index (χ1) is 8.06. The lowest BCUT2D eigenvalue weighted by Crippen LogP contribution is -2.12. The number of anilines is 1. The molecule has 0 saturated heterocycles. The molecule has 0 aliphatic carbocycles. The number of amides is 1. The number of rotatable bonds is 2. The van der Waals surface area contributed by atoms with Crippen LogP contribution in [0.5, 0.6) is 0 Å². The van der Waals surface area contributed by atoms with Crippen LogP contribution in [0.25, 0.3) is 0 Å². The number of aromatic nitrogens is 2. The van der Waals surface area contributed by atoms with Crippen LogP contribution in [0, 0.1) is 12.7 Å². The van der Waals surface area contributed by atoms with Gasteiger partial charge in [-0.25, -0.2) is 4.39 Å². The van der Waals surface area contributed by atoms with Crippen LogP contribution in [0.1, 0.15) is 16.1 Å². The topological polar surface area (TPSA) is 57.8 Å². The van der Waals surface area contributed by atoms with Gasteiger partial charge in [-0.15, -0.1) is 0 Å². The number of aromatic amines is 1. The highest BCUT2D eigenvalue weighted by atomic mass is 79.9. The molecule has 6 heteroatoms. The molecule has 2 N–H and O–H groups in total. The quantitative estimate of drug-likeness (QED) is 0.895. The van der Waals surface area contributed by atoms with Gasteiger partial charge in [0, 0.05) is 17.3 Å². The lowest BCUT2D eigenvalue weighted by atomic mass is 10.2. The van der Waals surface area contributed by atoms with Crippen LogP contribution < -0.4 is 5.32 Å². The number of halogens is 2. The molecule has 1 heterocycles. The molecule has 0 saturated carbocycles. The van der Waals surface area contributed by atoms with Gasteiger partial charge in [0.05, 0.1) is 4.47 Å². The predicted molar refractivity (Wildman–Crippen MR) is 65.4 cm³/mol. The molecule has 0 atom stereocenters. The zero-order valence-electron chi connectivity index (χ0n) is 8.92. The maximum atomic E-state index is 13.0. The summed E-state index contributed by atoms with van der Waals surface area (Å²) in [6.45, 7) is 1.83. The molecule has 1 amide bonds. The number of nitrogens with one attached hydrogen (secondary N) is 2. The van der Waals surface area contributed by atoms with E-state index < -0.39 is 5.82 Å². The second kappa shape index (κ2) is 4.67. The highest BCUT2D eigenvalue weighted by Gasteiger charge is 2.09. The Morgan fingerprint density at radius 2 is 2.24 bits per heavy atom. The van der Waals surface area contributed by atoms with Crippen molar-refractivity contribution in [1.29, 1.82) is 0 Å². The van der Waals surface area contributed by atoms with Crippen molar-refractivity contribution in [3.05, 3.63) is 45.8 Å². The van der Waals surface area contributed by atoms with Gasteiger partial charge in [0.2, 0.25) is 0 Å². The highest BCUT2D eigenvalue weighted by Crippen LogP contribution is 2.17. The number of H-pyrrole nitrogens is 1. The first-order valence-corrected chi connectivity index (χ1v) is 5.64. The summed E-state index contributed by atoms with van der Waals surface area (Å²) in [6, 6.07) is 5.77. The first-order valence-electron chi connectivity index (χ1n) is 4.84. The molecule has 0 radical (unpaired) electrons. The minimum absolute atomic E-state index is 0.253. The van der Waals surface area contributed by atoms with E-state index in [2.05, 4.69) is 31.4 Å². The monoisotopic (exact) mass is 297 g/mol. The third kappa shape index (κ3) is 2.71. The Hall–Kier alpha value is -1.69. The molecule has 0 aliphatic heterocycles. The number of carbonyl (C=O) groups excluding carboxylic acids is 1. The molecule has 0 bridgehead atoms. The molecule has 1 aromatic heterocycles. The van der Waals surface area contributed by atoms with Crippen molar-refractivity contribution in [3.8, 4) is 0 Å². The van der Waals surface area contributed by atoms with Gasteiger partial charge in [0.1, 0.15) is 5.82 Å². The fraction of sp³-hybridized carbons (Fsp3) is 0.0909. The Labute approximate surface area is 105 Å². The van der Waals surface area contributed by atoms with E-state index in [0.717, 1.165) is 5.69 Å². The largest absolute Gasteiger partial charge is 0.305 e. The van der Waals surface area contributed by atoms with Gasteiger partial charge in [-0.1, -0.05) is 0 Å². The minimum atomic E-state index is -0.405. The van der Waals surface area contributed by atoms with E-state index in [9.17, 15) is 9.18 Å². The third-order valence-electron chi connectivity index (χ3n) is 2.13. The average molecular weight is 298 g/mol. The summed E-state index contributed by atoms with van der Waals surface area (Å²) in [4.78, 5) is 11.8. The third-order valence-corrected chi connectivity index (χ3v) is 2.74. The van der Waals surface area contributed by atoms with E-state index in [4.69, 9.17) is 0 Å². The summed E-state index contributed by atoms with van der Waals surface area (Å²) in [5.74, 6) is -0.303. The molecule has 4 nitrogen and oxygen atoms in total. The van der Waals surface area contributed by atoms with Crippen molar-refractivity contribution in [2.24, 2.45) is 0 Å². The summed E-state index contributed by atoms with van der Waals surface area (Å²) in [6.07, 6.45) is 0. The Balaban J connectivity index is 2.17. The van der Waals surface area contributed by atoms with Crippen molar-refractivity contribution in [2.75, 3.05) is 5.32 Å². The minimum Gasteiger partial charge on any atom is -0.305 e. The molecular weight excluding hydrogens is 289 g/mol. The van der Waals surface area contributed by atoms with Crippen LogP contribution in [0.3, 0.4) is 0 Å². The number of carbonyl (C=O) groups is 1. The fourth-order valence-corrected chi connectivity index (χ4v) is 1.69. The zero-order chi connectivity index (χ0) is 12.4. The Morgan fingerprint density at radius 3 is 2.82 bits per heavy atom. The molecule has 2 aromatic rings. The second-order valence-electron chi connectivity index (χ2n) is 3.52. The van der Waals surface area contributed by atoms with E-state index >= 15 is 0 Å². The lowest BCUT2D eigenvalue weighted by Gasteiger charge is -2.02. The number of hydrogen-bond donors (Lipinski definition) is 2. The number of nitrogens with zero attached hydrogens (tertiary/aromatic N) is 1. The first kappa shape index (κ1) is 11.8. The Morgan fingerprint density at radius 1 is 1.47 bits per heavy atom.